The number of amides is 1. The minimum atomic E-state index is -0.301. The zero-order valence-electron chi connectivity index (χ0n) is 18.2. The van der Waals surface area contributed by atoms with Crippen LogP contribution in [0.25, 0.3) is 11.0 Å². The fraction of sp³-hybridized carbons (Fsp3) is 0.667. The molecule has 0 spiro atoms. The summed E-state index contributed by atoms with van der Waals surface area (Å²) in [6.45, 7) is 5.09. The van der Waals surface area contributed by atoms with E-state index in [4.69, 9.17) is 10.3 Å². The number of nitrogens with zero attached hydrogens (tertiary/aromatic N) is 2. The number of aromatic nitrogens is 1. The van der Waals surface area contributed by atoms with E-state index >= 15 is 0 Å². The lowest BCUT2D eigenvalue weighted by molar-refractivity contribution is -0.122. The fourth-order valence-electron chi connectivity index (χ4n) is 4.59. The van der Waals surface area contributed by atoms with Crippen LogP contribution in [0.4, 0.5) is 4.39 Å². The summed E-state index contributed by atoms with van der Waals surface area (Å²) in [4.78, 5) is 14.3. The average Bonchev–Trinajstić information content (AvgIpc) is 3.15. The summed E-state index contributed by atoms with van der Waals surface area (Å²) in [5, 5.41) is 5.14. The fourth-order valence-corrected chi connectivity index (χ4v) is 4.59. The van der Waals surface area contributed by atoms with Gasteiger partial charge in [0.1, 0.15) is 5.82 Å². The summed E-state index contributed by atoms with van der Waals surface area (Å²) < 4.78 is 18.7. The summed E-state index contributed by atoms with van der Waals surface area (Å²) in [6.07, 6.45) is 11.2. The van der Waals surface area contributed by atoms with E-state index in [9.17, 15) is 9.18 Å². The topological polar surface area (TPSA) is 72.4 Å². The molecular formula is C24H36FN3O2. The highest BCUT2D eigenvalue weighted by molar-refractivity contribution is 5.80. The number of benzene rings is 1. The van der Waals surface area contributed by atoms with Gasteiger partial charge in [-0.3, -0.25) is 4.79 Å². The first-order valence-corrected chi connectivity index (χ1v) is 11.6. The molecular weight excluding hydrogens is 381 g/mol. The predicted octanol–water partition coefficient (Wildman–Crippen LogP) is 5.39. The van der Waals surface area contributed by atoms with Crippen molar-refractivity contribution in [1.82, 2.24) is 10.1 Å². The van der Waals surface area contributed by atoms with E-state index in [1.54, 1.807) is 6.07 Å². The lowest BCUT2D eigenvalue weighted by Gasteiger charge is -2.31. The molecule has 1 aliphatic rings. The Balaban J connectivity index is 1.41. The van der Waals surface area contributed by atoms with Gasteiger partial charge in [0.05, 0.1) is 5.69 Å². The number of piperidine rings is 1. The zero-order valence-corrected chi connectivity index (χ0v) is 18.2. The van der Waals surface area contributed by atoms with Crippen LogP contribution in [0.3, 0.4) is 0 Å². The summed E-state index contributed by atoms with van der Waals surface area (Å²) in [5.41, 5.74) is 7.13. The SMILES string of the molecule is CCCCCCCCC(CCN1CCC(c2noc3cc(F)ccc23)CC1)C(N)=O. The number of nitrogens with two attached hydrogens (primary N) is 1. The van der Waals surface area contributed by atoms with Crippen molar-refractivity contribution in [2.75, 3.05) is 19.6 Å². The van der Waals surface area contributed by atoms with E-state index in [-0.39, 0.29) is 17.6 Å². The Hall–Kier alpha value is -1.95. The van der Waals surface area contributed by atoms with Crippen LogP contribution < -0.4 is 5.73 Å². The van der Waals surface area contributed by atoms with Crippen molar-refractivity contribution in [2.24, 2.45) is 11.7 Å². The van der Waals surface area contributed by atoms with Crippen molar-refractivity contribution in [3.63, 3.8) is 0 Å². The van der Waals surface area contributed by atoms with Gasteiger partial charge in [0, 0.05) is 23.3 Å². The van der Waals surface area contributed by atoms with Gasteiger partial charge in [-0.05, 0) is 57.5 Å². The van der Waals surface area contributed by atoms with Gasteiger partial charge in [0.2, 0.25) is 5.91 Å². The normalized spacial score (nSPS) is 16.9. The highest BCUT2D eigenvalue weighted by Crippen LogP contribution is 2.33. The third-order valence-electron chi connectivity index (χ3n) is 6.54. The number of fused-ring (bicyclic) bond motifs is 1. The lowest BCUT2D eigenvalue weighted by Crippen LogP contribution is -2.36. The Bertz CT molecular complexity index is 799. The molecule has 1 aliphatic heterocycles. The molecule has 6 heteroatoms. The van der Waals surface area contributed by atoms with Crippen molar-refractivity contribution >= 4 is 16.9 Å². The number of rotatable bonds is 12. The summed E-state index contributed by atoms with van der Waals surface area (Å²) in [6, 6.07) is 4.63. The number of carbonyl (C=O) groups is 1. The predicted molar refractivity (Wildman–Crippen MR) is 118 cm³/mol. The number of hydrogen-bond donors (Lipinski definition) is 1. The van der Waals surface area contributed by atoms with E-state index in [0.29, 0.717) is 11.5 Å². The third-order valence-corrected chi connectivity index (χ3v) is 6.54. The molecule has 2 aromatic rings. The van der Waals surface area contributed by atoms with Gasteiger partial charge < -0.3 is 15.2 Å². The largest absolute Gasteiger partial charge is 0.369 e. The molecule has 5 nitrogen and oxygen atoms in total. The van der Waals surface area contributed by atoms with Gasteiger partial charge >= 0.3 is 0 Å². The quantitative estimate of drug-likeness (QED) is 0.470. The molecule has 2 heterocycles. The van der Waals surface area contributed by atoms with Gasteiger partial charge in [0.15, 0.2) is 5.58 Å². The Morgan fingerprint density at radius 3 is 2.67 bits per heavy atom. The zero-order chi connectivity index (χ0) is 21.3. The van der Waals surface area contributed by atoms with Gasteiger partial charge in [-0.15, -0.1) is 0 Å². The molecule has 0 bridgehead atoms. The molecule has 30 heavy (non-hydrogen) atoms. The van der Waals surface area contributed by atoms with Crippen molar-refractivity contribution in [3.05, 3.63) is 29.7 Å². The smallest absolute Gasteiger partial charge is 0.220 e. The van der Waals surface area contributed by atoms with Crippen LogP contribution in [0.2, 0.25) is 0 Å². The van der Waals surface area contributed by atoms with Crippen molar-refractivity contribution < 1.29 is 13.7 Å². The maximum Gasteiger partial charge on any atom is 0.220 e. The van der Waals surface area contributed by atoms with E-state index in [0.717, 1.165) is 62.8 Å². The maximum atomic E-state index is 13.4. The first-order chi connectivity index (χ1) is 14.6. The molecule has 166 valence electrons. The third kappa shape index (κ3) is 6.27. The number of likely N-dealkylation sites (tertiary alicyclic amines) is 1. The summed E-state index contributed by atoms with van der Waals surface area (Å²) in [5.74, 6) is -0.129. The van der Waals surface area contributed by atoms with Gasteiger partial charge in [0.25, 0.3) is 0 Å². The van der Waals surface area contributed by atoms with Crippen LogP contribution in [0.5, 0.6) is 0 Å². The molecule has 0 aliphatic carbocycles. The number of halogens is 1. The second-order valence-corrected chi connectivity index (χ2v) is 8.77. The van der Waals surface area contributed by atoms with Crippen LogP contribution in [0.15, 0.2) is 22.7 Å². The molecule has 1 aromatic carbocycles. The Morgan fingerprint density at radius 1 is 1.20 bits per heavy atom. The molecule has 1 saturated heterocycles. The standard InChI is InChI=1S/C24H36FN3O2/c1-2-3-4-5-6-7-8-19(24(26)29)13-16-28-14-11-18(12-15-28)23-21-10-9-20(25)17-22(21)30-27-23/h9-10,17-19H,2-8,11-16H2,1H3,(H2,26,29). The Labute approximate surface area is 179 Å². The van der Waals surface area contributed by atoms with Crippen LogP contribution in [-0.4, -0.2) is 35.6 Å². The molecule has 1 atom stereocenters. The number of hydrogen-bond acceptors (Lipinski definition) is 4. The minimum Gasteiger partial charge on any atom is -0.369 e. The van der Waals surface area contributed by atoms with Gasteiger partial charge in [-0.25, -0.2) is 4.39 Å². The molecule has 2 N–H and O–H groups in total. The van der Waals surface area contributed by atoms with Crippen molar-refractivity contribution in [3.8, 4) is 0 Å². The highest BCUT2D eigenvalue weighted by Gasteiger charge is 2.26. The number of primary amides is 1. The van der Waals surface area contributed by atoms with Crippen molar-refractivity contribution in [1.29, 1.82) is 0 Å². The molecule has 1 unspecified atom stereocenters. The van der Waals surface area contributed by atoms with Crippen LogP contribution in [0, 0.1) is 11.7 Å². The molecule has 1 fully saturated rings. The Kier molecular flexibility index (Phi) is 8.67. The first kappa shape index (κ1) is 22.7. The van der Waals surface area contributed by atoms with Gasteiger partial charge in [-0.2, -0.15) is 0 Å². The van der Waals surface area contributed by atoms with E-state index < -0.39 is 0 Å². The summed E-state index contributed by atoms with van der Waals surface area (Å²) >= 11 is 0. The summed E-state index contributed by atoms with van der Waals surface area (Å²) in [7, 11) is 0. The molecule has 0 saturated carbocycles. The maximum absolute atomic E-state index is 13.4. The van der Waals surface area contributed by atoms with Crippen LogP contribution in [-0.2, 0) is 4.79 Å². The lowest BCUT2D eigenvalue weighted by atomic mass is 9.91. The Morgan fingerprint density at radius 2 is 1.93 bits per heavy atom. The van der Waals surface area contributed by atoms with E-state index in [1.165, 1.54) is 44.2 Å². The second-order valence-electron chi connectivity index (χ2n) is 8.77. The van der Waals surface area contributed by atoms with E-state index in [2.05, 4.69) is 17.0 Å². The monoisotopic (exact) mass is 417 g/mol. The molecule has 1 amide bonds. The van der Waals surface area contributed by atoms with Crippen LogP contribution >= 0.6 is 0 Å². The minimum absolute atomic E-state index is 0.0109. The molecule has 0 radical (unpaired) electrons. The average molecular weight is 418 g/mol. The molecule has 3 rings (SSSR count). The van der Waals surface area contributed by atoms with Crippen molar-refractivity contribution in [2.45, 2.75) is 77.0 Å². The first-order valence-electron chi connectivity index (χ1n) is 11.6. The van der Waals surface area contributed by atoms with Crippen LogP contribution in [0.1, 0.15) is 82.7 Å². The molecule has 1 aromatic heterocycles. The highest BCUT2D eigenvalue weighted by atomic mass is 19.1. The number of unbranched alkanes of at least 4 members (excludes halogenated alkanes) is 5. The van der Waals surface area contributed by atoms with Gasteiger partial charge in [-0.1, -0.05) is 50.6 Å². The second kappa shape index (κ2) is 11.4. The number of carbonyl (C=O) groups excluding carboxylic acids is 1. The van der Waals surface area contributed by atoms with E-state index in [1.807, 2.05) is 0 Å².